The highest BCUT2D eigenvalue weighted by Crippen LogP contribution is 2.33. The average molecular weight is 442 g/mol. The minimum Gasteiger partial charge on any atom is -0.475 e. The summed E-state index contributed by atoms with van der Waals surface area (Å²) in [7, 11) is -1.19. The Morgan fingerprint density at radius 1 is 1.41 bits per heavy atom. The first-order valence-electron chi connectivity index (χ1n) is 9.11. The van der Waals surface area contributed by atoms with Crippen LogP contribution < -0.4 is 0 Å². The molecule has 0 bridgehead atoms. The van der Waals surface area contributed by atoms with Gasteiger partial charge in [-0.05, 0) is 38.9 Å². The zero-order valence-electron chi connectivity index (χ0n) is 16.1. The van der Waals surface area contributed by atoms with Crippen LogP contribution in [0.2, 0.25) is 0 Å². The minimum absolute atomic E-state index is 0.0252. The summed E-state index contributed by atoms with van der Waals surface area (Å²) in [4.78, 5) is 11.0. The van der Waals surface area contributed by atoms with Gasteiger partial charge in [-0.3, -0.25) is 4.90 Å². The van der Waals surface area contributed by atoms with Crippen LogP contribution in [0.3, 0.4) is 0 Å². The topological polar surface area (TPSA) is 100 Å². The van der Waals surface area contributed by atoms with Gasteiger partial charge in [0.05, 0.1) is 36.7 Å². The molecular formula is C17H25F3N2O6S. The highest BCUT2D eigenvalue weighted by molar-refractivity contribution is 7.89. The number of furan rings is 1. The maximum Gasteiger partial charge on any atom is 0.490 e. The van der Waals surface area contributed by atoms with Gasteiger partial charge in [0.2, 0.25) is 10.0 Å². The number of halogens is 3. The Bertz CT molecular complexity index is 769. The number of rotatable bonds is 5. The van der Waals surface area contributed by atoms with Crippen LogP contribution in [0.1, 0.15) is 25.5 Å². The molecule has 12 heteroatoms. The second-order valence-corrected chi connectivity index (χ2v) is 9.09. The molecule has 0 radical (unpaired) electrons. The standard InChI is InChI=1S/C15H24N2O4S.C2HF3O2/c1-3-22(18,19)17-11-14(15-13(17)7-5-9-21-15)16(2)10-12-6-4-8-20-12;3-2(4,5)1(6)7/h4,6,8,13-15H,3,5,7,9-11H2,1-2H3;(H,6,7)/t13-,14-,15+;/m0./s1. The monoisotopic (exact) mass is 442 g/mol. The molecule has 0 aromatic carbocycles. The van der Waals surface area contributed by atoms with Gasteiger partial charge in [-0.1, -0.05) is 0 Å². The van der Waals surface area contributed by atoms with Crippen LogP contribution >= 0.6 is 0 Å². The van der Waals surface area contributed by atoms with Crippen molar-refractivity contribution in [2.24, 2.45) is 0 Å². The molecular weight excluding hydrogens is 417 g/mol. The lowest BCUT2D eigenvalue weighted by Crippen LogP contribution is -2.46. The second kappa shape index (κ2) is 9.45. The van der Waals surface area contributed by atoms with E-state index in [-0.39, 0.29) is 23.9 Å². The summed E-state index contributed by atoms with van der Waals surface area (Å²) in [5.41, 5.74) is 0. The van der Waals surface area contributed by atoms with E-state index in [4.69, 9.17) is 19.1 Å². The minimum atomic E-state index is -5.08. The van der Waals surface area contributed by atoms with Crippen molar-refractivity contribution in [1.29, 1.82) is 0 Å². The molecule has 0 aliphatic carbocycles. The van der Waals surface area contributed by atoms with Crippen LogP contribution in [0, 0.1) is 0 Å². The summed E-state index contributed by atoms with van der Waals surface area (Å²) in [5.74, 6) is -1.73. The number of carbonyl (C=O) groups is 1. The number of hydrogen-bond donors (Lipinski definition) is 1. The number of likely N-dealkylation sites (N-methyl/N-ethyl adjacent to an activating group) is 1. The van der Waals surface area contributed by atoms with Crippen LogP contribution in [0.25, 0.3) is 0 Å². The number of nitrogens with zero attached hydrogens (tertiary/aromatic N) is 2. The fraction of sp³-hybridized carbons (Fsp3) is 0.706. The highest BCUT2D eigenvalue weighted by atomic mass is 32.2. The first-order valence-corrected chi connectivity index (χ1v) is 10.7. The Morgan fingerprint density at radius 2 is 2.07 bits per heavy atom. The molecule has 3 heterocycles. The van der Waals surface area contributed by atoms with E-state index in [1.54, 1.807) is 17.5 Å². The number of ether oxygens (including phenoxy) is 1. The predicted molar refractivity (Wildman–Crippen MR) is 96.6 cm³/mol. The van der Waals surface area contributed by atoms with Crippen molar-refractivity contribution in [3.05, 3.63) is 24.2 Å². The van der Waals surface area contributed by atoms with E-state index in [0.717, 1.165) is 18.6 Å². The zero-order valence-corrected chi connectivity index (χ0v) is 16.9. The number of alkyl halides is 3. The van der Waals surface area contributed by atoms with Gasteiger partial charge in [-0.15, -0.1) is 0 Å². The quantitative estimate of drug-likeness (QED) is 0.744. The molecule has 3 rings (SSSR count). The molecule has 2 saturated heterocycles. The summed E-state index contributed by atoms with van der Waals surface area (Å²) in [5, 5.41) is 7.12. The zero-order chi connectivity index (χ0) is 21.8. The van der Waals surface area contributed by atoms with Crippen LogP contribution in [0.5, 0.6) is 0 Å². The van der Waals surface area contributed by atoms with Crippen molar-refractivity contribution < 1.29 is 40.6 Å². The number of sulfonamides is 1. The lowest BCUT2D eigenvalue weighted by atomic mass is 10.0. The fourth-order valence-electron chi connectivity index (χ4n) is 3.53. The van der Waals surface area contributed by atoms with Gasteiger partial charge in [0, 0.05) is 13.2 Å². The van der Waals surface area contributed by atoms with E-state index in [9.17, 15) is 21.6 Å². The number of fused-ring (bicyclic) bond motifs is 1. The third-order valence-electron chi connectivity index (χ3n) is 4.97. The largest absolute Gasteiger partial charge is 0.490 e. The van der Waals surface area contributed by atoms with Gasteiger partial charge in [0.25, 0.3) is 0 Å². The maximum atomic E-state index is 12.4. The van der Waals surface area contributed by atoms with Gasteiger partial charge in [-0.2, -0.15) is 17.5 Å². The van der Waals surface area contributed by atoms with Gasteiger partial charge in [0.1, 0.15) is 5.76 Å². The molecule has 0 spiro atoms. The third kappa shape index (κ3) is 5.93. The smallest absolute Gasteiger partial charge is 0.475 e. The lowest BCUT2D eigenvalue weighted by Gasteiger charge is -2.34. The molecule has 2 fully saturated rings. The summed E-state index contributed by atoms with van der Waals surface area (Å²) < 4.78 is 69.5. The molecule has 8 nitrogen and oxygen atoms in total. The molecule has 1 N–H and O–H groups in total. The molecule has 2 aliphatic rings. The Kier molecular flexibility index (Phi) is 7.71. The SMILES string of the molecule is CCS(=O)(=O)N1C[C@H](N(C)Cc2ccco2)[C@@H]2OCCC[C@@H]21.O=C(O)C(F)(F)F. The van der Waals surface area contributed by atoms with Crippen molar-refractivity contribution >= 4 is 16.0 Å². The first-order chi connectivity index (χ1) is 13.5. The first kappa shape index (κ1) is 23.6. The maximum absolute atomic E-state index is 12.4. The van der Waals surface area contributed by atoms with E-state index in [1.807, 2.05) is 19.2 Å². The average Bonchev–Trinajstić information content (AvgIpc) is 3.29. The molecule has 0 saturated carbocycles. The number of aliphatic carboxylic acids is 1. The summed E-state index contributed by atoms with van der Waals surface area (Å²) in [6, 6.07) is 3.84. The third-order valence-corrected chi connectivity index (χ3v) is 6.83. The second-order valence-electron chi connectivity index (χ2n) is 6.88. The number of carboxylic acid groups (broad SMARTS) is 1. The van der Waals surface area contributed by atoms with Crippen LogP contribution in [0.4, 0.5) is 13.2 Å². The van der Waals surface area contributed by atoms with E-state index < -0.39 is 22.2 Å². The molecule has 3 atom stereocenters. The number of hydrogen-bond acceptors (Lipinski definition) is 6. The Hall–Kier alpha value is -1.63. The van der Waals surface area contributed by atoms with Crippen molar-refractivity contribution in [2.45, 2.75) is 50.7 Å². The Labute approximate surface area is 167 Å². The van der Waals surface area contributed by atoms with E-state index in [2.05, 4.69) is 4.90 Å². The van der Waals surface area contributed by atoms with Gasteiger partial charge in [0.15, 0.2) is 0 Å². The van der Waals surface area contributed by atoms with Gasteiger partial charge >= 0.3 is 12.1 Å². The van der Waals surface area contributed by atoms with Gasteiger partial charge in [-0.25, -0.2) is 13.2 Å². The molecule has 0 amide bonds. The molecule has 0 unspecified atom stereocenters. The van der Waals surface area contributed by atoms with E-state index in [0.29, 0.717) is 19.7 Å². The van der Waals surface area contributed by atoms with Crippen molar-refractivity contribution in [3.8, 4) is 0 Å². The summed E-state index contributed by atoms with van der Waals surface area (Å²) >= 11 is 0. The van der Waals surface area contributed by atoms with Crippen LogP contribution in [-0.2, 0) is 26.1 Å². The van der Waals surface area contributed by atoms with Crippen LogP contribution in [0.15, 0.2) is 22.8 Å². The van der Waals surface area contributed by atoms with E-state index >= 15 is 0 Å². The lowest BCUT2D eigenvalue weighted by molar-refractivity contribution is -0.192. The Balaban J connectivity index is 0.000000370. The van der Waals surface area contributed by atoms with Crippen molar-refractivity contribution in [3.63, 3.8) is 0 Å². The predicted octanol–water partition coefficient (Wildman–Crippen LogP) is 1.93. The molecule has 29 heavy (non-hydrogen) atoms. The molecule has 1 aromatic heterocycles. The molecule has 1 aromatic rings. The van der Waals surface area contributed by atoms with Gasteiger partial charge < -0.3 is 14.3 Å². The number of carboxylic acids is 1. The van der Waals surface area contributed by atoms with Crippen molar-refractivity contribution in [1.82, 2.24) is 9.21 Å². The summed E-state index contributed by atoms with van der Waals surface area (Å²) in [6.45, 7) is 3.58. The normalized spacial score (nSPS) is 25.4. The summed E-state index contributed by atoms with van der Waals surface area (Å²) in [6.07, 6.45) is -1.67. The Morgan fingerprint density at radius 3 is 2.59 bits per heavy atom. The van der Waals surface area contributed by atoms with Crippen LogP contribution in [-0.4, -0.2) is 79.0 Å². The van der Waals surface area contributed by atoms with E-state index in [1.165, 1.54) is 0 Å². The highest BCUT2D eigenvalue weighted by Gasteiger charge is 2.49. The molecule has 166 valence electrons. The fourth-order valence-corrected chi connectivity index (χ4v) is 4.88. The van der Waals surface area contributed by atoms with Crippen molar-refractivity contribution in [2.75, 3.05) is 26.0 Å². The molecule has 2 aliphatic heterocycles.